The molecule has 0 spiro atoms. The zero-order valence-corrected chi connectivity index (χ0v) is 15.1. The van der Waals surface area contributed by atoms with Crippen LogP contribution < -0.4 is 5.32 Å². The molecule has 2 atom stereocenters. The van der Waals surface area contributed by atoms with E-state index in [2.05, 4.69) is 23.7 Å². The lowest BCUT2D eigenvalue weighted by Gasteiger charge is -2.29. The fourth-order valence-corrected chi connectivity index (χ4v) is 4.74. The van der Waals surface area contributed by atoms with Crippen LogP contribution in [-0.2, 0) is 4.79 Å². The smallest absolute Gasteiger partial charge is 0.242 e. The van der Waals surface area contributed by atoms with E-state index in [0.29, 0.717) is 0 Å². The summed E-state index contributed by atoms with van der Waals surface area (Å²) in [6, 6.07) is 0.205. The average Bonchev–Trinajstić information content (AvgIpc) is 2.83. The van der Waals surface area contributed by atoms with Crippen molar-refractivity contribution in [3.8, 4) is 0 Å². The Morgan fingerprint density at radius 2 is 2.09 bits per heavy atom. The lowest BCUT2D eigenvalue weighted by atomic mass is 9.92. The van der Waals surface area contributed by atoms with Gasteiger partial charge in [0, 0.05) is 0 Å². The molecule has 128 valence electrons. The minimum Gasteiger partial charge on any atom is -0.304 e. The van der Waals surface area contributed by atoms with Gasteiger partial charge in [0.2, 0.25) is 5.91 Å². The van der Waals surface area contributed by atoms with E-state index in [1.165, 1.54) is 50.8 Å². The van der Waals surface area contributed by atoms with Crippen LogP contribution >= 0.6 is 11.8 Å². The monoisotopic (exact) mass is 335 g/mol. The summed E-state index contributed by atoms with van der Waals surface area (Å²) in [5.41, 5.74) is 1.22. The third-order valence-corrected chi connectivity index (χ3v) is 6.59. The molecular formula is C18H29N3OS. The van der Waals surface area contributed by atoms with Crippen molar-refractivity contribution in [2.75, 3.05) is 19.6 Å². The van der Waals surface area contributed by atoms with Crippen molar-refractivity contribution in [2.45, 2.75) is 69.1 Å². The number of aliphatic imine (C=N–C) groups is 1. The number of rotatable bonds is 4. The Hall–Kier alpha value is -0.810. The van der Waals surface area contributed by atoms with Crippen LogP contribution in [0, 0.1) is 0 Å². The molecule has 1 aliphatic carbocycles. The molecule has 0 aromatic rings. The average molecular weight is 336 g/mol. The van der Waals surface area contributed by atoms with Crippen molar-refractivity contribution in [1.82, 2.24) is 10.2 Å². The zero-order valence-electron chi connectivity index (χ0n) is 14.3. The maximum absolute atomic E-state index is 12.4. The Morgan fingerprint density at radius 3 is 2.83 bits per heavy atom. The summed E-state index contributed by atoms with van der Waals surface area (Å²) >= 11 is 1.63. The van der Waals surface area contributed by atoms with E-state index < -0.39 is 0 Å². The van der Waals surface area contributed by atoms with E-state index in [4.69, 9.17) is 4.99 Å². The number of carbonyl (C=O) groups excluding carboxylic acids is 1. The highest BCUT2D eigenvalue weighted by molar-refractivity contribution is 8.16. The van der Waals surface area contributed by atoms with Gasteiger partial charge in [-0.15, -0.1) is 0 Å². The van der Waals surface area contributed by atoms with E-state index in [1.807, 2.05) is 0 Å². The summed E-state index contributed by atoms with van der Waals surface area (Å²) in [5.74, 6) is 0.125. The largest absolute Gasteiger partial charge is 0.304 e. The molecule has 1 N–H and O–H groups in total. The summed E-state index contributed by atoms with van der Waals surface area (Å²) < 4.78 is -0.369. The molecule has 1 amide bonds. The molecule has 3 fully saturated rings. The van der Waals surface area contributed by atoms with Gasteiger partial charge in [0.05, 0.1) is 6.04 Å². The first-order valence-electron chi connectivity index (χ1n) is 9.05. The zero-order chi connectivity index (χ0) is 16.3. The van der Waals surface area contributed by atoms with Gasteiger partial charge in [0.1, 0.15) is 4.75 Å². The fraction of sp³-hybridized carbons (Fsp3) is 0.778. The Kier molecular flexibility index (Phi) is 5.47. The number of nitrogens with one attached hydrogen (secondary N) is 1. The predicted molar refractivity (Wildman–Crippen MR) is 97.9 cm³/mol. The molecule has 0 radical (unpaired) electrons. The van der Waals surface area contributed by atoms with Crippen LogP contribution in [0.4, 0.5) is 0 Å². The highest BCUT2D eigenvalue weighted by Gasteiger charge is 2.42. The number of amides is 1. The van der Waals surface area contributed by atoms with Gasteiger partial charge in [-0.2, -0.15) is 0 Å². The number of piperidine rings is 1. The van der Waals surface area contributed by atoms with Crippen LogP contribution in [0.3, 0.4) is 0 Å². The van der Waals surface area contributed by atoms with Gasteiger partial charge >= 0.3 is 0 Å². The standard InChI is InChI=1S/C18H29N3OS/c1-14-8-4-5-9-15(14)19-17-20-16(22)18(2,23-17)10-13-21-11-6-3-7-12-21/h15H,1,3-13H2,2H3,(H,19,20,22). The summed E-state index contributed by atoms with van der Waals surface area (Å²) in [7, 11) is 0. The van der Waals surface area contributed by atoms with Gasteiger partial charge in [-0.3, -0.25) is 9.79 Å². The summed E-state index contributed by atoms with van der Waals surface area (Å²) in [6.07, 6.45) is 9.44. The van der Waals surface area contributed by atoms with Gasteiger partial charge in [-0.05, 0) is 65.1 Å². The van der Waals surface area contributed by atoms with E-state index in [9.17, 15) is 4.79 Å². The van der Waals surface area contributed by atoms with E-state index >= 15 is 0 Å². The molecular weight excluding hydrogens is 306 g/mol. The van der Waals surface area contributed by atoms with Crippen LogP contribution in [0.15, 0.2) is 17.1 Å². The Labute approximate surface area is 144 Å². The summed E-state index contributed by atoms with van der Waals surface area (Å²) in [6.45, 7) is 9.61. The highest BCUT2D eigenvalue weighted by Crippen LogP contribution is 2.36. The van der Waals surface area contributed by atoms with Crippen LogP contribution in [-0.4, -0.2) is 46.4 Å². The Balaban J connectivity index is 1.58. The van der Waals surface area contributed by atoms with Gasteiger partial charge in [-0.25, -0.2) is 0 Å². The minimum atomic E-state index is -0.369. The molecule has 0 aromatic carbocycles. The van der Waals surface area contributed by atoms with Crippen molar-refractivity contribution in [2.24, 2.45) is 4.99 Å². The van der Waals surface area contributed by atoms with Gasteiger partial charge in [-0.1, -0.05) is 36.8 Å². The van der Waals surface area contributed by atoms with E-state index in [0.717, 1.165) is 31.0 Å². The first kappa shape index (κ1) is 17.0. The van der Waals surface area contributed by atoms with Crippen LogP contribution in [0.25, 0.3) is 0 Å². The molecule has 3 aliphatic rings. The number of hydrogen-bond acceptors (Lipinski definition) is 4. The second-order valence-corrected chi connectivity index (χ2v) is 8.79. The molecule has 4 nitrogen and oxygen atoms in total. The van der Waals surface area contributed by atoms with Crippen molar-refractivity contribution >= 4 is 22.8 Å². The summed E-state index contributed by atoms with van der Waals surface area (Å²) in [5, 5.41) is 3.82. The normalized spacial score (nSPS) is 34.8. The highest BCUT2D eigenvalue weighted by atomic mass is 32.2. The maximum atomic E-state index is 12.4. The fourth-order valence-electron chi connectivity index (χ4n) is 3.65. The molecule has 23 heavy (non-hydrogen) atoms. The SMILES string of the molecule is C=C1CCCCC1N=C1NC(=O)C(C)(CCN2CCCCC2)S1. The quantitative estimate of drug-likeness (QED) is 0.802. The predicted octanol–water partition coefficient (Wildman–Crippen LogP) is 3.34. The van der Waals surface area contributed by atoms with Crippen LogP contribution in [0.5, 0.6) is 0 Å². The molecule has 2 unspecified atom stereocenters. The number of likely N-dealkylation sites (tertiary alicyclic amines) is 1. The molecule has 0 bridgehead atoms. The van der Waals surface area contributed by atoms with Gasteiger partial charge in [0.25, 0.3) is 0 Å². The molecule has 5 heteroatoms. The first-order chi connectivity index (χ1) is 11.1. The Morgan fingerprint density at radius 1 is 1.30 bits per heavy atom. The van der Waals surface area contributed by atoms with Gasteiger partial charge < -0.3 is 10.2 Å². The minimum absolute atomic E-state index is 0.125. The lowest BCUT2D eigenvalue weighted by Crippen LogP contribution is -2.39. The van der Waals surface area contributed by atoms with Crippen molar-refractivity contribution in [1.29, 1.82) is 0 Å². The van der Waals surface area contributed by atoms with Crippen LogP contribution in [0.2, 0.25) is 0 Å². The molecule has 2 saturated heterocycles. The second-order valence-electron chi connectivity index (χ2n) is 7.29. The number of nitrogens with zero attached hydrogens (tertiary/aromatic N) is 2. The van der Waals surface area contributed by atoms with Gasteiger partial charge in [0.15, 0.2) is 5.17 Å². The van der Waals surface area contributed by atoms with Crippen molar-refractivity contribution in [3.63, 3.8) is 0 Å². The number of carbonyl (C=O) groups is 1. The summed E-state index contributed by atoms with van der Waals surface area (Å²) in [4.78, 5) is 19.7. The molecule has 1 saturated carbocycles. The molecule has 2 heterocycles. The van der Waals surface area contributed by atoms with Crippen molar-refractivity contribution in [3.05, 3.63) is 12.2 Å². The third kappa shape index (κ3) is 4.18. The number of hydrogen-bond donors (Lipinski definition) is 1. The molecule has 3 rings (SSSR count). The second kappa shape index (κ2) is 7.39. The molecule has 0 aromatic heterocycles. The number of amidine groups is 1. The van der Waals surface area contributed by atoms with E-state index in [1.54, 1.807) is 11.8 Å². The van der Waals surface area contributed by atoms with Crippen LogP contribution in [0.1, 0.15) is 58.3 Å². The molecule has 2 aliphatic heterocycles. The third-order valence-electron chi connectivity index (χ3n) is 5.35. The Bertz CT molecular complexity index is 498. The topological polar surface area (TPSA) is 44.7 Å². The lowest BCUT2D eigenvalue weighted by molar-refractivity contribution is -0.121. The maximum Gasteiger partial charge on any atom is 0.242 e. The van der Waals surface area contributed by atoms with E-state index in [-0.39, 0.29) is 16.7 Å². The van der Waals surface area contributed by atoms with Crippen molar-refractivity contribution < 1.29 is 4.79 Å². The first-order valence-corrected chi connectivity index (χ1v) is 9.87. The number of thioether (sulfide) groups is 1.